The van der Waals surface area contributed by atoms with Crippen molar-refractivity contribution in [1.29, 1.82) is 0 Å². The molecule has 2 aromatic heterocycles. The second-order valence-corrected chi connectivity index (χ2v) is 4.06. The van der Waals surface area contributed by atoms with Crippen LogP contribution in [0.5, 0.6) is 0 Å². The van der Waals surface area contributed by atoms with Crippen LogP contribution in [0, 0.1) is 0 Å². The van der Waals surface area contributed by atoms with Crippen molar-refractivity contribution in [1.82, 2.24) is 14.5 Å². The number of pyridine rings is 1. The van der Waals surface area contributed by atoms with Gasteiger partial charge in [0, 0.05) is 25.1 Å². The predicted octanol–water partition coefficient (Wildman–Crippen LogP) is 0.675. The zero-order chi connectivity index (χ0) is 13.1. The van der Waals surface area contributed by atoms with Crippen LogP contribution in [0.25, 0.3) is 0 Å². The molecule has 0 saturated carbocycles. The Bertz CT molecular complexity index is 677. The molecule has 0 saturated heterocycles. The van der Waals surface area contributed by atoms with Gasteiger partial charge in [-0.2, -0.15) is 0 Å². The van der Waals surface area contributed by atoms with Gasteiger partial charge < -0.3 is 5.32 Å². The number of aromatic amines is 1. The van der Waals surface area contributed by atoms with Crippen molar-refractivity contribution in [3.63, 3.8) is 0 Å². The van der Waals surface area contributed by atoms with Gasteiger partial charge in [-0.05, 0) is 12.1 Å². The molecule has 2 heterocycles. The Morgan fingerprint density at radius 3 is 3.00 bits per heavy atom. The Morgan fingerprint density at radius 1 is 1.50 bits per heavy atom. The summed E-state index contributed by atoms with van der Waals surface area (Å²) < 4.78 is 1.30. The quantitative estimate of drug-likeness (QED) is 0.856. The van der Waals surface area contributed by atoms with E-state index in [-0.39, 0.29) is 11.6 Å². The largest absolute Gasteiger partial charge is 0.388 e. The summed E-state index contributed by atoms with van der Waals surface area (Å²) in [5.74, 6) is 0. The minimum Gasteiger partial charge on any atom is -0.388 e. The van der Waals surface area contributed by atoms with Gasteiger partial charge in [-0.15, -0.1) is 0 Å². The molecule has 0 fully saturated rings. The Morgan fingerprint density at radius 2 is 2.28 bits per heavy atom. The minimum atomic E-state index is -0.588. The topological polar surface area (TPSA) is 79.8 Å². The van der Waals surface area contributed by atoms with Gasteiger partial charge in [0.15, 0.2) is 0 Å². The summed E-state index contributed by atoms with van der Waals surface area (Å²) >= 11 is 5.67. The normalized spacial score (nSPS) is 10.3. The zero-order valence-electron chi connectivity index (χ0n) is 9.61. The molecule has 0 aromatic carbocycles. The van der Waals surface area contributed by atoms with Gasteiger partial charge in [-0.25, -0.2) is 4.79 Å². The van der Waals surface area contributed by atoms with Crippen molar-refractivity contribution in [2.75, 3.05) is 12.4 Å². The van der Waals surface area contributed by atoms with Crippen LogP contribution in [0.4, 0.5) is 5.69 Å². The number of aromatic nitrogens is 3. The molecule has 0 bridgehead atoms. The maximum atomic E-state index is 11.6. The Hall–Kier alpha value is -2.08. The number of nitrogens with one attached hydrogen (secondary N) is 2. The molecule has 2 rings (SSSR count). The molecule has 0 aliphatic heterocycles. The number of halogens is 1. The van der Waals surface area contributed by atoms with Crippen molar-refractivity contribution >= 4 is 17.3 Å². The summed E-state index contributed by atoms with van der Waals surface area (Å²) in [7, 11) is 1.79. The molecule has 0 aliphatic rings. The number of nitrogens with zero attached hydrogens (tertiary/aromatic N) is 2. The van der Waals surface area contributed by atoms with Crippen molar-refractivity contribution in [3.05, 3.63) is 56.1 Å². The maximum Gasteiger partial charge on any atom is 0.328 e. The molecular weight excluding hydrogens is 256 g/mol. The standard InChI is InChI=1S/C11H11ClN4O2/c1-13-7-2-3-14-8(4-7)5-16-6-9(12)10(17)15-11(16)18/h2-4,6H,5H2,1H3,(H,13,14)(H,15,17,18). The molecule has 6 nitrogen and oxygen atoms in total. The molecule has 0 spiro atoms. The highest BCUT2D eigenvalue weighted by molar-refractivity contribution is 6.30. The van der Waals surface area contributed by atoms with Crippen molar-refractivity contribution in [3.8, 4) is 0 Å². The van der Waals surface area contributed by atoms with Crippen LogP contribution in [-0.2, 0) is 6.54 Å². The first kappa shape index (κ1) is 12.4. The first-order valence-electron chi connectivity index (χ1n) is 5.22. The molecule has 7 heteroatoms. The highest BCUT2D eigenvalue weighted by Crippen LogP contribution is 2.07. The van der Waals surface area contributed by atoms with E-state index in [1.165, 1.54) is 10.8 Å². The Labute approximate surface area is 107 Å². The number of rotatable bonds is 3. The molecule has 0 aliphatic carbocycles. The van der Waals surface area contributed by atoms with Gasteiger partial charge in [-0.1, -0.05) is 11.6 Å². The van der Waals surface area contributed by atoms with Gasteiger partial charge in [0.25, 0.3) is 5.56 Å². The second kappa shape index (κ2) is 5.05. The second-order valence-electron chi connectivity index (χ2n) is 3.65. The van der Waals surface area contributed by atoms with Gasteiger partial charge in [0.1, 0.15) is 5.02 Å². The van der Waals surface area contributed by atoms with E-state index < -0.39 is 11.2 Å². The predicted molar refractivity (Wildman–Crippen MR) is 69.2 cm³/mol. The summed E-state index contributed by atoms with van der Waals surface area (Å²) in [5, 5.41) is 2.95. The highest BCUT2D eigenvalue weighted by Gasteiger charge is 2.04. The average Bonchev–Trinajstić information content (AvgIpc) is 2.36. The number of H-pyrrole nitrogens is 1. The number of hydrogen-bond acceptors (Lipinski definition) is 4. The smallest absolute Gasteiger partial charge is 0.328 e. The van der Waals surface area contributed by atoms with Crippen LogP contribution < -0.4 is 16.6 Å². The SMILES string of the molecule is CNc1ccnc(Cn2cc(Cl)c(=O)[nH]c2=O)c1. The molecule has 2 N–H and O–H groups in total. The fourth-order valence-corrected chi connectivity index (χ4v) is 1.66. The van der Waals surface area contributed by atoms with E-state index in [1.807, 2.05) is 12.1 Å². The summed E-state index contributed by atoms with van der Waals surface area (Å²) in [6, 6.07) is 3.62. The minimum absolute atomic E-state index is 0.0284. The van der Waals surface area contributed by atoms with E-state index >= 15 is 0 Å². The highest BCUT2D eigenvalue weighted by atomic mass is 35.5. The average molecular weight is 267 g/mol. The number of anilines is 1. The van der Waals surface area contributed by atoms with Crippen molar-refractivity contribution in [2.24, 2.45) is 0 Å². The number of hydrogen-bond donors (Lipinski definition) is 2. The summed E-state index contributed by atoms with van der Waals surface area (Å²) in [4.78, 5) is 28.9. The molecule has 0 atom stereocenters. The van der Waals surface area contributed by atoms with E-state index in [0.717, 1.165) is 5.69 Å². The monoisotopic (exact) mass is 266 g/mol. The first-order valence-corrected chi connectivity index (χ1v) is 5.60. The van der Waals surface area contributed by atoms with Crippen molar-refractivity contribution in [2.45, 2.75) is 6.54 Å². The van der Waals surface area contributed by atoms with Crippen LogP contribution >= 0.6 is 11.6 Å². The molecule has 0 unspecified atom stereocenters. The fourth-order valence-electron chi connectivity index (χ4n) is 1.49. The van der Waals surface area contributed by atoms with Gasteiger partial charge in [0.05, 0.1) is 12.2 Å². The van der Waals surface area contributed by atoms with Crippen LogP contribution in [0.3, 0.4) is 0 Å². The van der Waals surface area contributed by atoms with E-state index in [2.05, 4.69) is 15.3 Å². The third kappa shape index (κ3) is 2.60. The van der Waals surface area contributed by atoms with Crippen LogP contribution in [0.1, 0.15) is 5.69 Å². The molecule has 0 amide bonds. The summed E-state index contributed by atoms with van der Waals surface area (Å²) in [6.07, 6.45) is 2.94. The van der Waals surface area contributed by atoms with Gasteiger partial charge >= 0.3 is 5.69 Å². The van der Waals surface area contributed by atoms with E-state index in [9.17, 15) is 9.59 Å². The lowest BCUT2D eigenvalue weighted by molar-refractivity contribution is 0.705. The van der Waals surface area contributed by atoms with Crippen LogP contribution in [0.15, 0.2) is 34.1 Å². The van der Waals surface area contributed by atoms with Gasteiger partial charge in [-0.3, -0.25) is 19.3 Å². The maximum absolute atomic E-state index is 11.6. The molecule has 18 heavy (non-hydrogen) atoms. The van der Waals surface area contributed by atoms with E-state index in [0.29, 0.717) is 5.69 Å². The van der Waals surface area contributed by atoms with Crippen LogP contribution in [-0.4, -0.2) is 21.6 Å². The summed E-state index contributed by atoms with van der Waals surface area (Å²) in [6.45, 7) is 0.241. The molecule has 94 valence electrons. The Balaban J connectivity index is 2.36. The Kier molecular flexibility index (Phi) is 3.47. The lowest BCUT2D eigenvalue weighted by atomic mass is 10.3. The zero-order valence-corrected chi connectivity index (χ0v) is 10.4. The third-order valence-electron chi connectivity index (χ3n) is 2.41. The molecule has 0 radical (unpaired) electrons. The summed E-state index contributed by atoms with van der Waals surface area (Å²) in [5.41, 5.74) is 0.478. The van der Waals surface area contributed by atoms with E-state index in [4.69, 9.17) is 11.6 Å². The lowest BCUT2D eigenvalue weighted by Crippen LogP contribution is -2.30. The van der Waals surface area contributed by atoms with Crippen molar-refractivity contribution < 1.29 is 0 Å². The molecule has 2 aromatic rings. The van der Waals surface area contributed by atoms with E-state index in [1.54, 1.807) is 13.2 Å². The molecular formula is C11H11ClN4O2. The third-order valence-corrected chi connectivity index (χ3v) is 2.67. The lowest BCUT2D eigenvalue weighted by Gasteiger charge is -2.06. The van der Waals surface area contributed by atoms with Crippen LogP contribution in [0.2, 0.25) is 5.02 Å². The first-order chi connectivity index (χ1) is 8.60. The van der Waals surface area contributed by atoms with Gasteiger partial charge in [0.2, 0.25) is 0 Å². The fraction of sp³-hybridized carbons (Fsp3) is 0.182.